The van der Waals surface area contributed by atoms with Crippen LogP contribution in [0.3, 0.4) is 0 Å². The topological polar surface area (TPSA) is 33.2 Å². The summed E-state index contributed by atoms with van der Waals surface area (Å²) in [5.74, 6) is 0.455. The van der Waals surface area contributed by atoms with E-state index in [0.717, 1.165) is 0 Å². The fourth-order valence-electron chi connectivity index (χ4n) is 1.30. The van der Waals surface area contributed by atoms with E-state index in [1.165, 1.54) is 6.07 Å². The van der Waals surface area contributed by atoms with Crippen LogP contribution in [0.2, 0.25) is 0 Å². The number of halogens is 1. The molecule has 2 atom stereocenters. The summed E-state index contributed by atoms with van der Waals surface area (Å²) in [6.07, 6.45) is 3.18. The van der Waals surface area contributed by atoms with Crippen molar-refractivity contribution in [3.63, 3.8) is 0 Å². The zero-order chi connectivity index (χ0) is 11.4. The van der Waals surface area contributed by atoms with Gasteiger partial charge < -0.3 is 4.90 Å². The average Bonchev–Trinajstić information content (AvgIpc) is 2.16. The van der Waals surface area contributed by atoms with Crippen molar-refractivity contribution in [1.29, 1.82) is 0 Å². The highest BCUT2D eigenvalue weighted by Gasteiger charge is 2.15. The second-order valence-electron chi connectivity index (χ2n) is 3.51. The Labute approximate surface area is 91.8 Å². The summed E-state index contributed by atoms with van der Waals surface area (Å²) in [7, 11) is 0.864. The van der Waals surface area contributed by atoms with Crippen LogP contribution in [0.4, 0.5) is 10.2 Å². The molecule has 5 heteroatoms. The summed E-state index contributed by atoms with van der Waals surface area (Å²) >= 11 is 0. The summed E-state index contributed by atoms with van der Waals surface area (Å²) in [5.41, 5.74) is 0. The summed E-state index contributed by atoms with van der Waals surface area (Å²) in [5, 5.41) is 0. The molecule has 0 aliphatic rings. The van der Waals surface area contributed by atoms with Gasteiger partial charge in [0.15, 0.2) is 11.6 Å². The Kier molecular flexibility index (Phi) is 4.20. The normalized spacial score (nSPS) is 14.7. The largest absolute Gasteiger partial charge is 0.354 e. The monoisotopic (exact) mass is 230 g/mol. The number of hydrogen-bond donors (Lipinski definition) is 0. The molecule has 3 nitrogen and oxygen atoms in total. The van der Waals surface area contributed by atoms with Crippen molar-refractivity contribution in [3.8, 4) is 0 Å². The van der Waals surface area contributed by atoms with Gasteiger partial charge in [0.2, 0.25) is 0 Å². The first kappa shape index (κ1) is 12.1. The van der Waals surface area contributed by atoms with Crippen molar-refractivity contribution < 1.29 is 8.60 Å². The van der Waals surface area contributed by atoms with Gasteiger partial charge >= 0.3 is 0 Å². The number of pyridine rings is 1. The smallest absolute Gasteiger partial charge is 0.165 e. The van der Waals surface area contributed by atoms with Gasteiger partial charge in [-0.2, -0.15) is 0 Å². The fourth-order valence-corrected chi connectivity index (χ4v) is 2.20. The quantitative estimate of drug-likeness (QED) is 0.784. The van der Waals surface area contributed by atoms with Gasteiger partial charge in [-0.1, -0.05) is 0 Å². The molecule has 0 saturated heterocycles. The Balaban J connectivity index is 2.80. The number of aromatic nitrogens is 1. The van der Waals surface area contributed by atoms with Crippen molar-refractivity contribution in [2.24, 2.45) is 0 Å². The van der Waals surface area contributed by atoms with Crippen molar-refractivity contribution >= 4 is 16.6 Å². The summed E-state index contributed by atoms with van der Waals surface area (Å²) < 4.78 is 24.4. The molecule has 0 aromatic carbocycles. The molecule has 0 N–H and O–H groups in total. The highest BCUT2D eigenvalue weighted by Crippen LogP contribution is 2.15. The number of nitrogens with zero attached hydrogens (tertiary/aromatic N) is 2. The lowest BCUT2D eigenvalue weighted by Gasteiger charge is -2.25. The molecule has 1 rings (SSSR count). The zero-order valence-corrected chi connectivity index (χ0v) is 9.92. The first-order chi connectivity index (χ1) is 7.02. The average molecular weight is 230 g/mol. The number of hydrogen-bond acceptors (Lipinski definition) is 3. The van der Waals surface area contributed by atoms with Crippen LogP contribution in [0.5, 0.6) is 0 Å². The minimum absolute atomic E-state index is 0.000216. The van der Waals surface area contributed by atoms with Crippen LogP contribution in [-0.2, 0) is 10.8 Å². The third kappa shape index (κ3) is 3.27. The number of rotatable bonds is 4. The van der Waals surface area contributed by atoms with Gasteiger partial charge in [0, 0.05) is 42.1 Å². The molecule has 15 heavy (non-hydrogen) atoms. The maximum absolute atomic E-state index is 13.4. The van der Waals surface area contributed by atoms with E-state index in [1.54, 1.807) is 30.5 Å². The Hall–Kier alpha value is -0.970. The van der Waals surface area contributed by atoms with Gasteiger partial charge in [-0.25, -0.2) is 9.37 Å². The lowest BCUT2D eigenvalue weighted by Crippen LogP contribution is -2.34. The maximum atomic E-state index is 13.4. The Morgan fingerprint density at radius 3 is 2.87 bits per heavy atom. The summed E-state index contributed by atoms with van der Waals surface area (Å²) in [6, 6.07) is 2.92. The van der Waals surface area contributed by atoms with Crippen molar-refractivity contribution in [2.45, 2.75) is 13.0 Å². The van der Waals surface area contributed by atoms with Gasteiger partial charge in [-0.05, 0) is 19.1 Å². The maximum Gasteiger partial charge on any atom is 0.165 e. The van der Waals surface area contributed by atoms with Crippen LogP contribution < -0.4 is 4.90 Å². The van der Waals surface area contributed by atoms with Crippen LogP contribution in [0.15, 0.2) is 18.3 Å². The van der Waals surface area contributed by atoms with Crippen LogP contribution in [0.25, 0.3) is 0 Å². The van der Waals surface area contributed by atoms with E-state index in [0.29, 0.717) is 11.6 Å². The Morgan fingerprint density at radius 2 is 2.33 bits per heavy atom. The van der Waals surface area contributed by atoms with Gasteiger partial charge in [0.25, 0.3) is 0 Å². The van der Waals surface area contributed by atoms with E-state index in [1.807, 2.05) is 6.92 Å². The standard InChI is InChI=1S/C10H15FN2OS/c1-8(7-15(3)14)13(2)10-9(11)5-4-6-12-10/h4-6,8H,7H2,1-3H3. The molecule has 0 spiro atoms. The van der Waals surface area contributed by atoms with Gasteiger partial charge in [-0.3, -0.25) is 4.21 Å². The highest BCUT2D eigenvalue weighted by atomic mass is 32.2. The molecule has 0 radical (unpaired) electrons. The van der Waals surface area contributed by atoms with Crippen molar-refractivity contribution in [1.82, 2.24) is 4.98 Å². The molecule has 0 aliphatic carbocycles. The van der Waals surface area contributed by atoms with Crippen LogP contribution >= 0.6 is 0 Å². The van der Waals surface area contributed by atoms with Gasteiger partial charge in [0.05, 0.1) is 0 Å². The van der Waals surface area contributed by atoms with E-state index >= 15 is 0 Å². The fraction of sp³-hybridized carbons (Fsp3) is 0.500. The third-order valence-corrected chi connectivity index (χ3v) is 3.16. The second-order valence-corrected chi connectivity index (χ2v) is 4.99. The predicted molar refractivity (Wildman–Crippen MR) is 61.0 cm³/mol. The SMILES string of the molecule is CC(CS(C)=O)N(C)c1ncccc1F. The molecule has 0 saturated carbocycles. The lowest BCUT2D eigenvalue weighted by molar-refractivity contribution is 0.604. The minimum atomic E-state index is -0.889. The molecule has 1 aromatic rings. The molecular weight excluding hydrogens is 215 g/mol. The van der Waals surface area contributed by atoms with E-state index in [2.05, 4.69) is 4.98 Å². The van der Waals surface area contributed by atoms with Crippen LogP contribution in [0.1, 0.15) is 6.92 Å². The van der Waals surface area contributed by atoms with Crippen LogP contribution in [-0.4, -0.2) is 34.3 Å². The molecule has 1 heterocycles. The molecule has 0 fully saturated rings. The molecule has 1 aromatic heterocycles. The van der Waals surface area contributed by atoms with Crippen LogP contribution in [0, 0.1) is 5.82 Å². The first-order valence-electron chi connectivity index (χ1n) is 4.65. The molecule has 0 bridgehead atoms. The molecule has 84 valence electrons. The van der Waals surface area contributed by atoms with Crippen molar-refractivity contribution in [2.75, 3.05) is 24.0 Å². The molecular formula is C10H15FN2OS. The summed E-state index contributed by atoms with van der Waals surface area (Å²) in [4.78, 5) is 5.66. The third-order valence-electron chi connectivity index (χ3n) is 2.21. The van der Waals surface area contributed by atoms with E-state index in [4.69, 9.17) is 0 Å². The molecule has 0 amide bonds. The highest BCUT2D eigenvalue weighted by molar-refractivity contribution is 7.84. The first-order valence-corrected chi connectivity index (χ1v) is 6.38. The van der Waals surface area contributed by atoms with E-state index < -0.39 is 10.8 Å². The second kappa shape index (κ2) is 5.21. The summed E-state index contributed by atoms with van der Waals surface area (Å²) in [6.45, 7) is 1.90. The van der Waals surface area contributed by atoms with E-state index in [-0.39, 0.29) is 11.9 Å². The predicted octanol–water partition coefficient (Wildman–Crippen LogP) is 1.42. The molecule has 2 unspecified atom stereocenters. The minimum Gasteiger partial charge on any atom is -0.354 e. The molecule has 0 aliphatic heterocycles. The zero-order valence-electron chi connectivity index (χ0n) is 9.11. The Morgan fingerprint density at radius 1 is 1.67 bits per heavy atom. The Bertz CT molecular complexity index is 359. The number of anilines is 1. The van der Waals surface area contributed by atoms with Gasteiger partial charge in [0.1, 0.15) is 0 Å². The van der Waals surface area contributed by atoms with Crippen molar-refractivity contribution in [3.05, 3.63) is 24.1 Å². The van der Waals surface area contributed by atoms with E-state index in [9.17, 15) is 8.60 Å². The van der Waals surface area contributed by atoms with Gasteiger partial charge in [-0.15, -0.1) is 0 Å². The lowest BCUT2D eigenvalue weighted by atomic mass is 10.3.